The number of carbonyl (C=O) groups is 2. The van der Waals surface area contributed by atoms with Crippen LogP contribution in [-0.4, -0.2) is 26.4 Å². The van der Waals surface area contributed by atoms with Crippen LogP contribution in [-0.2, 0) is 19.6 Å². The lowest BCUT2D eigenvalue weighted by atomic mass is 10.1. The maximum atomic E-state index is 12.5. The minimum absolute atomic E-state index is 0.00693. The molecule has 0 heterocycles. The van der Waals surface area contributed by atoms with Crippen LogP contribution in [0, 0.1) is 13.8 Å². The molecule has 0 bridgehead atoms. The Kier molecular flexibility index (Phi) is 5.91. The molecule has 8 heteroatoms. The van der Waals surface area contributed by atoms with E-state index in [4.69, 9.17) is 9.88 Å². The SMILES string of the molecule is Cc1cc(C(=O)OC(C)C(=O)Nc2ccc3ccccc3c2)cc(S(N)(=O)=O)c1C. The Bertz CT molecular complexity index is 1250. The van der Waals surface area contributed by atoms with Gasteiger partial charge in [0.05, 0.1) is 10.5 Å². The molecule has 7 nitrogen and oxygen atoms in total. The van der Waals surface area contributed by atoms with Gasteiger partial charge < -0.3 is 10.1 Å². The molecule has 0 aliphatic heterocycles. The number of nitrogens with two attached hydrogens (primary N) is 1. The second-order valence-corrected chi connectivity index (χ2v) is 8.59. The van der Waals surface area contributed by atoms with Crippen molar-refractivity contribution in [2.24, 2.45) is 5.14 Å². The fraction of sp³-hybridized carbons (Fsp3) is 0.182. The predicted molar refractivity (Wildman–Crippen MR) is 115 cm³/mol. The third-order valence-corrected chi connectivity index (χ3v) is 5.87. The van der Waals surface area contributed by atoms with Crippen LogP contribution in [0.3, 0.4) is 0 Å². The van der Waals surface area contributed by atoms with Crippen LogP contribution in [0.1, 0.15) is 28.4 Å². The molecule has 0 fully saturated rings. The average Bonchev–Trinajstić information content (AvgIpc) is 2.68. The monoisotopic (exact) mass is 426 g/mol. The highest BCUT2D eigenvalue weighted by Crippen LogP contribution is 2.22. The fourth-order valence-corrected chi connectivity index (χ4v) is 3.91. The van der Waals surface area contributed by atoms with Crippen LogP contribution in [0.4, 0.5) is 5.69 Å². The Labute approximate surface area is 174 Å². The first-order valence-corrected chi connectivity index (χ1v) is 10.8. The molecule has 0 spiro atoms. The van der Waals surface area contributed by atoms with E-state index in [2.05, 4.69) is 5.32 Å². The van der Waals surface area contributed by atoms with Gasteiger partial charge in [-0.15, -0.1) is 0 Å². The van der Waals surface area contributed by atoms with E-state index >= 15 is 0 Å². The van der Waals surface area contributed by atoms with Crippen molar-refractivity contribution in [3.63, 3.8) is 0 Å². The highest BCUT2D eigenvalue weighted by molar-refractivity contribution is 7.89. The van der Waals surface area contributed by atoms with E-state index in [0.717, 1.165) is 16.8 Å². The summed E-state index contributed by atoms with van der Waals surface area (Å²) in [5, 5.41) is 9.94. The molecule has 156 valence electrons. The number of benzene rings is 3. The van der Waals surface area contributed by atoms with Crippen LogP contribution in [0.2, 0.25) is 0 Å². The molecule has 0 saturated heterocycles. The van der Waals surface area contributed by atoms with Crippen LogP contribution in [0.25, 0.3) is 10.8 Å². The van der Waals surface area contributed by atoms with Crippen LogP contribution < -0.4 is 10.5 Å². The molecule has 1 atom stereocenters. The third-order valence-electron chi connectivity index (χ3n) is 4.83. The number of primary sulfonamides is 1. The maximum absolute atomic E-state index is 12.5. The zero-order valence-corrected chi connectivity index (χ0v) is 17.6. The molecule has 1 amide bonds. The largest absolute Gasteiger partial charge is 0.449 e. The molecular formula is C22H22N2O5S. The van der Waals surface area contributed by atoms with Crippen molar-refractivity contribution in [1.29, 1.82) is 0 Å². The number of hydrogen-bond acceptors (Lipinski definition) is 5. The van der Waals surface area contributed by atoms with E-state index in [9.17, 15) is 18.0 Å². The molecule has 3 N–H and O–H groups in total. The maximum Gasteiger partial charge on any atom is 0.338 e. The summed E-state index contributed by atoms with van der Waals surface area (Å²) in [4.78, 5) is 24.8. The smallest absolute Gasteiger partial charge is 0.338 e. The van der Waals surface area contributed by atoms with Crippen molar-refractivity contribution in [2.75, 3.05) is 5.32 Å². The number of fused-ring (bicyclic) bond motifs is 1. The molecule has 3 rings (SSSR count). The standard InChI is InChI=1S/C22H22N2O5S/c1-13-10-18(12-20(14(13)2)30(23,27)28)22(26)29-15(3)21(25)24-19-9-8-16-6-4-5-7-17(16)11-19/h4-12,15H,1-3H3,(H,24,25)(H2,23,27,28). The van der Waals surface area contributed by atoms with Gasteiger partial charge in [0.1, 0.15) is 0 Å². The summed E-state index contributed by atoms with van der Waals surface area (Å²) < 4.78 is 28.8. The van der Waals surface area contributed by atoms with Crippen molar-refractivity contribution in [2.45, 2.75) is 31.8 Å². The Balaban J connectivity index is 1.74. The number of sulfonamides is 1. The summed E-state index contributed by atoms with van der Waals surface area (Å²) in [6.45, 7) is 4.70. The van der Waals surface area contributed by atoms with Crippen LogP contribution in [0.5, 0.6) is 0 Å². The average molecular weight is 426 g/mol. The molecule has 0 aromatic heterocycles. The summed E-state index contributed by atoms with van der Waals surface area (Å²) in [5.74, 6) is -1.32. The quantitative estimate of drug-likeness (QED) is 0.608. The topological polar surface area (TPSA) is 116 Å². The molecule has 3 aromatic rings. The fourth-order valence-electron chi connectivity index (χ4n) is 3.03. The number of ether oxygens (including phenoxy) is 1. The number of esters is 1. The number of rotatable bonds is 5. The van der Waals surface area contributed by atoms with Gasteiger partial charge in [0.25, 0.3) is 5.91 Å². The van der Waals surface area contributed by atoms with E-state index in [1.165, 1.54) is 13.0 Å². The molecule has 0 radical (unpaired) electrons. The second kappa shape index (κ2) is 8.25. The summed E-state index contributed by atoms with van der Waals surface area (Å²) in [6.07, 6.45) is -1.09. The Morgan fingerprint density at radius 2 is 1.67 bits per heavy atom. The van der Waals surface area contributed by atoms with Gasteiger partial charge in [-0.3, -0.25) is 4.79 Å². The molecular weight excluding hydrogens is 404 g/mol. The van der Waals surface area contributed by atoms with Crippen molar-refractivity contribution in [1.82, 2.24) is 0 Å². The minimum atomic E-state index is -4.00. The van der Waals surface area contributed by atoms with E-state index < -0.39 is 28.0 Å². The molecule has 30 heavy (non-hydrogen) atoms. The zero-order valence-electron chi connectivity index (χ0n) is 16.8. The second-order valence-electron chi connectivity index (χ2n) is 7.06. The lowest BCUT2D eigenvalue weighted by molar-refractivity contribution is -0.123. The van der Waals surface area contributed by atoms with E-state index in [0.29, 0.717) is 16.8 Å². The normalized spacial score (nSPS) is 12.4. The van der Waals surface area contributed by atoms with Gasteiger partial charge in [0.15, 0.2) is 6.10 Å². The number of anilines is 1. The first-order chi connectivity index (χ1) is 14.1. The van der Waals surface area contributed by atoms with E-state index in [-0.39, 0.29) is 10.5 Å². The first kappa shape index (κ1) is 21.5. The van der Waals surface area contributed by atoms with Gasteiger partial charge in [0.2, 0.25) is 10.0 Å². The highest BCUT2D eigenvalue weighted by atomic mass is 32.2. The first-order valence-electron chi connectivity index (χ1n) is 9.21. The molecule has 0 aliphatic rings. The van der Waals surface area contributed by atoms with Crippen molar-refractivity contribution in [3.8, 4) is 0 Å². The van der Waals surface area contributed by atoms with Crippen molar-refractivity contribution < 1.29 is 22.7 Å². The number of nitrogens with one attached hydrogen (secondary N) is 1. The van der Waals surface area contributed by atoms with E-state index in [1.54, 1.807) is 19.9 Å². The van der Waals surface area contributed by atoms with Crippen molar-refractivity contribution >= 4 is 38.4 Å². The zero-order chi connectivity index (χ0) is 22.1. The van der Waals surface area contributed by atoms with E-state index in [1.807, 2.05) is 36.4 Å². The summed E-state index contributed by atoms with van der Waals surface area (Å²) in [5.41, 5.74) is 1.61. The Hall–Kier alpha value is -3.23. The Morgan fingerprint density at radius 1 is 1.00 bits per heavy atom. The predicted octanol–water partition coefficient (Wildman–Crippen LogP) is 3.29. The number of carbonyl (C=O) groups excluding carboxylic acids is 2. The third kappa shape index (κ3) is 4.67. The van der Waals surface area contributed by atoms with Gasteiger partial charge in [-0.2, -0.15) is 0 Å². The van der Waals surface area contributed by atoms with Crippen LogP contribution >= 0.6 is 0 Å². The van der Waals surface area contributed by atoms with Crippen LogP contribution in [0.15, 0.2) is 59.5 Å². The molecule has 0 saturated carbocycles. The number of amides is 1. The van der Waals surface area contributed by atoms with Gasteiger partial charge in [-0.05, 0) is 66.9 Å². The van der Waals surface area contributed by atoms with Gasteiger partial charge in [-0.25, -0.2) is 18.4 Å². The van der Waals surface area contributed by atoms with Crippen molar-refractivity contribution in [3.05, 3.63) is 71.3 Å². The molecule has 3 aromatic carbocycles. The summed E-state index contributed by atoms with van der Waals surface area (Å²) in [6, 6.07) is 15.8. The minimum Gasteiger partial charge on any atom is -0.449 e. The molecule has 1 unspecified atom stereocenters. The summed E-state index contributed by atoms with van der Waals surface area (Å²) in [7, 11) is -4.00. The van der Waals surface area contributed by atoms with Gasteiger partial charge >= 0.3 is 5.97 Å². The number of hydrogen-bond donors (Lipinski definition) is 2. The lowest BCUT2D eigenvalue weighted by Crippen LogP contribution is -2.30. The Morgan fingerprint density at radius 3 is 2.33 bits per heavy atom. The molecule has 0 aliphatic carbocycles. The van der Waals surface area contributed by atoms with Gasteiger partial charge in [-0.1, -0.05) is 30.3 Å². The highest BCUT2D eigenvalue weighted by Gasteiger charge is 2.22. The number of aryl methyl sites for hydroxylation is 1. The van der Waals surface area contributed by atoms with Gasteiger partial charge in [0, 0.05) is 5.69 Å². The lowest BCUT2D eigenvalue weighted by Gasteiger charge is -2.15. The summed E-state index contributed by atoms with van der Waals surface area (Å²) >= 11 is 0.